The van der Waals surface area contributed by atoms with Crippen molar-refractivity contribution < 1.29 is 14.4 Å². The van der Waals surface area contributed by atoms with Gasteiger partial charge in [-0.3, -0.25) is 4.79 Å². The quantitative estimate of drug-likeness (QED) is 0.299. The Balaban J connectivity index is 3.10. The fourth-order valence-electron chi connectivity index (χ4n) is 1.78. The summed E-state index contributed by atoms with van der Waals surface area (Å²) in [6.45, 7) is 1.64. The van der Waals surface area contributed by atoms with Crippen LogP contribution in [0, 0.1) is 0 Å². The molecule has 98 valence electrons. The molecule has 0 aromatic carbocycles. The van der Waals surface area contributed by atoms with E-state index in [1.165, 1.54) is 12.8 Å². The smallest absolute Gasteiger partial charge is 0.139 e. The van der Waals surface area contributed by atoms with Gasteiger partial charge >= 0.3 is 0 Å². The number of ketones is 2. The molecule has 0 rings (SSSR count). The van der Waals surface area contributed by atoms with Crippen LogP contribution in [-0.4, -0.2) is 17.9 Å². The van der Waals surface area contributed by atoms with Crippen LogP contribution in [-0.2, 0) is 14.4 Å². The molecule has 0 aliphatic carbocycles. The highest BCUT2D eigenvalue weighted by atomic mass is 16.1. The summed E-state index contributed by atoms with van der Waals surface area (Å²) in [5.41, 5.74) is 0. The maximum absolute atomic E-state index is 11.0. The first-order chi connectivity index (χ1) is 8.16. The zero-order valence-corrected chi connectivity index (χ0v) is 10.9. The van der Waals surface area contributed by atoms with Crippen molar-refractivity contribution in [2.24, 2.45) is 0 Å². The summed E-state index contributed by atoms with van der Waals surface area (Å²) in [5.74, 6) is 0.333. The van der Waals surface area contributed by atoms with Crippen LogP contribution in [0.4, 0.5) is 0 Å². The average Bonchev–Trinajstić information content (AvgIpc) is 2.27. The van der Waals surface area contributed by atoms with E-state index in [0.29, 0.717) is 19.1 Å². The summed E-state index contributed by atoms with van der Waals surface area (Å²) in [6.07, 6.45) is 9.61. The second-order valence-electron chi connectivity index (χ2n) is 4.59. The largest absolute Gasteiger partial charge is 0.303 e. The molecule has 0 saturated carbocycles. The van der Waals surface area contributed by atoms with Gasteiger partial charge in [-0.25, -0.2) is 0 Å². The summed E-state index contributed by atoms with van der Waals surface area (Å²) in [6, 6.07) is 0. The van der Waals surface area contributed by atoms with Crippen molar-refractivity contribution in [1.29, 1.82) is 0 Å². The maximum Gasteiger partial charge on any atom is 0.139 e. The SMILES string of the molecule is CC(=O)CCCCCCCCCC(=O)CC=O. The van der Waals surface area contributed by atoms with Crippen LogP contribution in [0.1, 0.15) is 71.1 Å². The molecule has 3 heteroatoms. The number of hydrogen-bond acceptors (Lipinski definition) is 3. The van der Waals surface area contributed by atoms with Gasteiger partial charge in [-0.05, 0) is 19.8 Å². The van der Waals surface area contributed by atoms with E-state index in [4.69, 9.17) is 0 Å². The van der Waals surface area contributed by atoms with E-state index >= 15 is 0 Å². The molecule has 0 saturated heterocycles. The summed E-state index contributed by atoms with van der Waals surface area (Å²) in [4.78, 5) is 31.7. The van der Waals surface area contributed by atoms with Gasteiger partial charge in [-0.15, -0.1) is 0 Å². The molecule has 0 amide bonds. The average molecular weight is 240 g/mol. The molecule has 0 radical (unpaired) electrons. The van der Waals surface area contributed by atoms with E-state index in [-0.39, 0.29) is 18.0 Å². The molecule has 0 aliphatic rings. The first kappa shape index (κ1) is 16.0. The third-order valence-electron chi connectivity index (χ3n) is 2.80. The van der Waals surface area contributed by atoms with E-state index in [2.05, 4.69) is 0 Å². The van der Waals surface area contributed by atoms with Crippen molar-refractivity contribution >= 4 is 17.9 Å². The van der Waals surface area contributed by atoms with Gasteiger partial charge in [0.05, 0.1) is 6.42 Å². The molecule has 0 spiro atoms. The number of unbranched alkanes of at least 4 members (excludes halogenated alkanes) is 6. The van der Waals surface area contributed by atoms with Gasteiger partial charge in [0.1, 0.15) is 17.9 Å². The lowest BCUT2D eigenvalue weighted by Gasteiger charge is -2.01. The zero-order chi connectivity index (χ0) is 12.9. The molecule has 0 aromatic heterocycles. The maximum atomic E-state index is 11.0. The third kappa shape index (κ3) is 12.9. The Morgan fingerprint density at radius 1 is 0.824 bits per heavy atom. The van der Waals surface area contributed by atoms with Crippen molar-refractivity contribution in [3.8, 4) is 0 Å². The van der Waals surface area contributed by atoms with Gasteiger partial charge in [0.15, 0.2) is 0 Å². The normalized spacial score (nSPS) is 10.2. The van der Waals surface area contributed by atoms with Gasteiger partial charge in [-0.2, -0.15) is 0 Å². The minimum Gasteiger partial charge on any atom is -0.303 e. The summed E-state index contributed by atoms with van der Waals surface area (Å²) in [5, 5.41) is 0. The molecule has 0 N–H and O–H groups in total. The highest BCUT2D eigenvalue weighted by Gasteiger charge is 2.00. The summed E-state index contributed by atoms with van der Waals surface area (Å²) >= 11 is 0. The van der Waals surface area contributed by atoms with Crippen LogP contribution in [0.3, 0.4) is 0 Å². The Kier molecular flexibility index (Phi) is 10.8. The van der Waals surface area contributed by atoms with Crippen LogP contribution < -0.4 is 0 Å². The van der Waals surface area contributed by atoms with E-state index < -0.39 is 0 Å². The molecule has 0 aliphatic heterocycles. The highest BCUT2D eigenvalue weighted by Crippen LogP contribution is 2.10. The minimum atomic E-state index is 0.0569. The predicted octanol–water partition coefficient (Wildman–Crippen LogP) is 3.24. The topological polar surface area (TPSA) is 51.2 Å². The van der Waals surface area contributed by atoms with Gasteiger partial charge in [0.25, 0.3) is 0 Å². The minimum absolute atomic E-state index is 0.0569. The first-order valence-electron chi connectivity index (χ1n) is 6.61. The number of hydrogen-bond donors (Lipinski definition) is 0. The van der Waals surface area contributed by atoms with Crippen LogP contribution >= 0.6 is 0 Å². The second kappa shape index (κ2) is 11.5. The van der Waals surface area contributed by atoms with Gasteiger partial charge in [0, 0.05) is 12.8 Å². The fourth-order valence-corrected chi connectivity index (χ4v) is 1.78. The Morgan fingerprint density at radius 3 is 1.76 bits per heavy atom. The summed E-state index contributed by atoms with van der Waals surface area (Å²) in [7, 11) is 0. The van der Waals surface area contributed by atoms with E-state index in [1.807, 2.05) is 0 Å². The van der Waals surface area contributed by atoms with Crippen molar-refractivity contribution in [2.45, 2.75) is 71.1 Å². The molecule has 0 heterocycles. The fraction of sp³-hybridized carbons (Fsp3) is 0.786. The number of rotatable bonds is 12. The first-order valence-corrected chi connectivity index (χ1v) is 6.61. The number of aldehydes is 1. The van der Waals surface area contributed by atoms with Gasteiger partial charge in [-0.1, -0.05) is 32.1 Å². The van der Waals surface area contributed by atoms with Crippen molar-refractivity contribution in [3.05, 3.63) is 0 Å². The second-order valence-corrected chi connectivity index (χ2v) is 4.59. The monoisotopic (exact) mass is 240 g/mol. The number of carbonyl (C=O) groups excluding carboxylic acids is 3. The molecule has 0 aromatic rings. The van der Waals surface area contributed by atoms with Crippen LogP contribution in [0.2, 0.25) is 0 Å². The van der Waals surface area contributed by atoms with Crippen LogP contribution in [0.5, 0.6) is 0 Å². The number of Topliss-reactive ketones (excluding diaryl/α,β-unsaturated/α-hetero) is 2. The molecule has 0 unspecified atom stereocenters. The lowest BCUT2D eigenvalue weighted by atomic mass is 10.0. The standard InChI is InChI=1S/C14H24O3/c1-13(16)9-7-5-3-2-4-6-8-10-14(17)11-12-15/h12H,2-11H2,1H3. The molecule has 3 nitrogen and oxygen atoms in total. The third-order valence-corrected chi connectivity index (χ3v) is 2.80. The van der Waals surface area contributed by atoms with Crippen molar-refractivity contribution in [2.75, 3.05) is 0 Å². The molecule has 0 atom stereocenters. The summed E-state index contributed by atoms with van der Waals surface area (Å²) < 4.78 is 0. The highest BCUT2D eigenvalue weighted by molar-refractivity contribution is 5.89. The Labute approximate surface area is 104 Å². The van der Waals surface area contributed by atoms with Crippen LogP contribution in [0.25, 0.3) is 0 Å². The Morgan fingerprint density at radius 2 is 1.29 bits per heavy atom. The zero-order valence-electron chi connectivity index (χ0n) is 10.9. The lowest BCUT2D eigenvalue weighted by molar-refractivity contribution is -0.122. The van der Waals surface area contributed by atoms with Crippen molar-refractivity contribution in [1.82, 2.24) is 0 Å². The van der Waals surface area contributed by atoms with Crippen LogP contribution in [0.15, 0.2) is 0 Å². The van der Waals surface area contributed by atoms with E-state index in [9.17, 15) is 14.4 Å². The lowest BCUT2D eigenvalue weighted by Crippen LogP contribution is -1.97. The van der Waals surface area contributed by atoms with Gasteiger partial charge < -0.3 is 9.59 Å². The molecule has 0 bridgehead atoms. The van der Waals surface area contributed by atoms with Crippen molar-refractivity contribution in [3.63, 3.8) is 0 Å². The molecule has 0 fully saturated rings. The van der Waals surface area contributed by atoms with E-state index in [1.54, 1.807) is 6.92 Å². The Hall–Kier alpha value is -0.990. The van der Waals surface area contributed by atoms with E-state index in [0.717, 1.165) is 32.1 Å². The molecular formula is C14H24O3. The number of carbonyl (C=O) groups is 3. The van der Waals surface area contributed by atoms with Gasteiger partial charge in [0.2, 0.25) is 0 Å². The Bertz CT molecular complexity index is 234. The molecular weight excluding hydrogens is 216 g/mol. The predicted molar refractivity (Wildman–Crippen MR) is 67.9 cm³/mol. The molecule has 17 heavy (non-hydrogen) atoms.